The fourth-order valence-electron chi connectivity index (χ4n) is 3.77. The van der Waals surface area contributed by atoms with Gasteiger partial charge in [0.15, 0.2) is 0 Å². The van der Waals surface area contributed by atoms with Gasteiger partial charge in [0.05, 0.1) is 13.0 Å². The molecule has 0 radical (unpaired) electrons. The SMILES string of the molecule is COC(=O)OC1CCC2C(=O)C(Oc3ccc(-c4ccccc4)cc3)=COC2C1. The number of ketones is 1. The van der Waals surface area contributed by atoms with Crippen LogP contribution in [0.25, 0.3) is 11.1 Å². The van der Waals surface area contributed by atoms with Crippen LogP contribution in [0, 0.1) is 5.92 Å². The minimum absolute atomic E-state index is 0.0788. The average Bonchev–Trinajstić information content (AvgIpc) is 2.77. The Kier molecular flexibility index (Phi) is 5.51. The minimum Gasteiger partial charge on any atom is -0.493 e. The largest absolute Gasteiger partial charge is 0.508 e. The number of benzene rings is 2. The maximum atomic E-state index is 12.8. The van der Waals surface area contributed by atoms with Gasteiger partial charge in [0, 0.05) is 6.42 Å². The van der Waals surface area contributed by atoms with Gasteiger partial charge in [-0.2, -0.15) is 0 Å². The topological polar surface area (TPSA) is 71.1 Å². The number of hydrogen-bond acceptors (Lipinski definition) is 6. The highest BCUT2D eigenvalue weighted by molar-refractivity contribution is 5.96. The maximum absolute atomic E-state index is 12.8. The molecule has 2 aromatic rings. The van der Waals surface area contributed by atoms with E-state index in [1.807, 2.05) is 54.6 Å². The van der Waals surface area contributed by atoms with Crippen molar-refractivity contribution in [2.75, 3.05) is 7.11 Å². The molecule has 1 heterocycles. The summed E-state index contributed by atoms with van der Waals surface area (Å²) in [6.45, 7) is 0. The Hall–Kier alpha value is -3.28. The molecule has 6 heteroatoms. The summed E-state index contributed by atoms with van der Waals surface area (Å²) in [5, 5.41) is 0. The van der Waals surface area contributed by atoms with Crippen LogP contribution in [0.3, 0.4) is 0 Å². The number of Topliss-reactive ketones (excluding diaryl/α,β-unsaturated/α-hetero) is 1. The van der Waals surface area contributed by atoms with Crippen molar-refractivity contribution in [1.82, 2.24) is 0 Å². The van der Waals surface area contributed by atoms with Crippen molar-refractivity contribution in [3.63, 3.8) is 0 Å². The van der Waals surface area contributed by atoms with E-state index in [1.165, 1.54) is 13.4 Å². The van der Waals surface area contributed by atoms with Crippen LogP contribution in [0.2, 0.25) is 0 Å². The number of fused-ring (bicyclic) bond motifs is 1. The quantitative estimate of drug-likeness (QED) is 0.712. The highest BCUT2D eigenvalue weighted by atomic mass is 16.7. The lowest BCUT2D eigenvalue weighted by Crippen LogP contribution is -2.43. The molecule has 3 atom stereocenters. The van der Waals surface area contributed by atoms with Gasteiger partial charge >= 0.3 is 6.16 Å². The van der Waals surface area contributed by atoms with Crippen molar-refractivity contribution in [3.8, 4) is 16.9 Å². The molecule has 0 amide bonds. The number of hydrogen-bond donors (Lipinski definition) is 0. The molecule has 1 aliphatic carbocycles. The average molecular weight is 394 g/mol. The minimum atomic E-state index is -0.714. The highest BCUT2D eigenvalue weighted by Gasteiger charge is 2.42. The molecule has 0 saturated heterocycles. The maximum Gasteiger partial charge on any atom is 0.508 e. The van der Waals surface area contributed by atoms with Gasteiger partial charge in [-0.15, -0.1) is 0 Å². The lowest BCUT2D eigenvalue weighted by Gasteiger charge is -2.36. The first-order valence-electron chi connectivity index (χ1n) is 9.62. The van der Waals surface area contributed by atoms with Crippen molar-refractivity contribution < 1.29 is 28.5 Å². The second-order valence-corrected chi connectivity index (χ2v) is 7.13. The Morgan fingerprint density at radius 1 is 1.00 bits per heavy atom. The smallest absolute Gasteiger partial charge is 0.493 e. The molecule has 1 aliphatic heterocycles. The van der Waals surface area contributed by atoms with Crippen LogP contribution in [0.15, 0.2) is 66.6 Å². The molecule has 2 aromatic carbocycles. The van der Waals surface area contributed by atoms with E-state index in [0.29, 0.717) is 25.0 Å². The second kappa shape index (κ2) is 8.39. The van der Waals surface area contributed by atoms with Crippen molar-refractivity contribution in [2.45, 2.75) is 31.5 Å². The van der Waals surface area contributed by atoms with E-state index < -0.39 is 6.16 Å². The first-order chi connectivity index (χ1) is 14.1. The van der Waals surface area contributed by atoms with Crippen LogP contribution in [0.5, 0.6) is 5.75 Å². The standard InChI is InChI=1S/C23H22O6/c1-26-23(25)29-18-11-12-19-20(13-18)27-14-21(22(19)24)28-17-9-7-16(8-10-17)15-5-3-2-4-6-15/h2-10,14,18-20H,11-13H2,1H3. The molecule has 1 fully saturated rings. The van der Waals surface area contributed by atoms with Crippen molar-refractivity contribution in [1.29, 1.82) is 0 Å². The van der Waals surface area contributed by atoms with Crippen LogP contribution in [0.1, 0.15) is 19.3 Å². The zero-order valence-electron chi connectivity index (χ0n) is 16.1. The molecule has 3 unspecified atom stereocenters. The number of ether oxygens (including phenoxy) is 4. The van der Waals surface area contributed by atoms with Gasteiger partial charge in [-0.3, -0.25) is 4.79 Å². The molecular formula is C23H22O6. The molecular weight excluding hydrogens is 372 g/mol. The highest BCUT2D eigenvalue weighted by Crippen LogP contribution is 2.35. The summed E-state index contributed by atoms with van der Waals surface area (Å²) in [5.74, 6) is 0.404. The van der Waals surface area contributed by atoms with Gasteiger partial charge in [0.25, 0.3) is 0 Å². The van der Waals surface area contributed by atoms with E-state index in [0.717, 1.165) is 11.1 Å². The normalized spacial score (nSPS) is 23.3. The summed E-state index contributed by atoms with van der Waals surface area (Å²) in [7, 11) is 1.27. The molecule has 0 aromatic heterocycles. The van der Waals surface area contributed by atoms with Gasteiger partial charge in [-0.1, -0.05) is 42.5 Å². The Balaban J connectivity index is 1.40. The van der Waals surface area contributed by atoms with Gasteiger partial charge in [0.1, 0.15) is 24.2 Å². The first kappa shape index (κ1) is 19.1. The number of rotatable bonds is 4. The Morgan fingerprint density at radius 3 is 2.45 bits per heavy atom. The van der Waals surface area contributed by atoms with Gasteiger partial charge in [-0.25, -0.2) is 4.79 Å². The number of carbonyl (C=O) groups excluding carboxylic acids is 2. The molecule has 2 aliphatic rings. The predicted octanol–water partition coefficient (Wildman–Crippen LogP) is 4.49. The summed E-state index contributed by atoms with van der Waals surface area (Å²) < 4.78 is 21.3. The Morgan fingerprint density at radius 2 is 1.72 bits per heavy atom. The number of carbonyl (C=O) groups is 2. The van der Waals surface area contributed by atoms with Gasteiger partial charge in [0.2, 0.25) is 11.5 Å². The zero-order chi connectivity index (χ0) is 20.2. The Bertz CT molecular complexity index is 903. The molecule has 1 saturated carbocycles. The third kappa shape index (κ3) is 4.26. The molecule has 6 nitrogen and oxygen atoms in total. The fourth-order valence-corrected chi connectivity index (χ4v) is 3.77. The molecule has 29 heavy (non-hydrogen) atoms. The van der Waals surface area contributed by atoms with E-state index in [1.54, 1.807) is 0 Å². The van der Waals surface area contributed by atoms with E-state index >= 15 is 0 Å². The van der Waals surface area contributed by atoms with E-state index in [2.05, 4.69) is 4.74 Å². The number of allylic oxidation sites excluding steroid dienone is 1. The molecule has 150 valence electrons. The van der Waals surface area contributed by atoms with Crippen molar-refractivity contribution >= 4 is 11.9 Å². The zero-order valence-corrected chi connectivity index (χ0v) is 16.1. The first-order valence-corrected chi connectivity index (χ1v) is 9.62. The van der Waals surface area contributed by atoms with Gasteiger partial charge < -0.3 is 18.9 Å². The third-order valence-electron chi connectivity index (χ3n) is 5.29. The monoisotopic (exact) mass is 394 g/mol. The molecule has 0 bridgehead atoms. The van der Waals surface area contributed by atoms with Crippen molar-refractivity contribution in [2.24, 2.45) is 5.92 Å². The molecule has 0 N–H and O–H groups in total. The van der Waals surface area contributed by atoms with E-state index in [4.69, 9.17) is 14.2 Å². The van der Waals surface area contributed by atoms with Crippen LogP contribution in [-0.2, 0) is 19.0 Å². The van der Waals surface area contributed by atoms with Crippen LogP contribution >= 0.6 is 0 Å². The fraction of sp³-hybridized carbons (Fsp3) is 0.304. The van der Waals surface area contributed by atoms with Crippen LogP contribution in [0.4, 0.5) is 4.79 Å². The van der Waals surface area contributed by atoms with E-state index in [-0.39, 0.29) is 29.7 Å². The summed E-state index contributed by atoms with van der Waals surface area (Å²) in [6.07, 6.45) is 1.64. The molecule has 4 rings (SSSR count). The lowest BCUT2D eigenvalue weighted by atomic mass is 9.80. The lowest BCUT2D eigenvalue weighted by molar-refractivity contribution is -0.132. The number of methoxy groups -OCH3 is 1. The Labute approximate surface area is 169 Å². The predicted molar refractivity (Wildman–Crippen MR) is 105 cm³/mol. The summed E-state index contributed by atoms with van der Waals surface area (Å²) in [4.78, 5) is 24.1. The van der Waals surface area contributed by atoms with Gasteiger partial charge in [-0.05, 0) is 36.1 Å². The molecule has 0 spiro atoms. The summed E-state index contributed by atoms with van der Waals surface area (Å²) in [6, 6.07) is 17.6. The summed E-state index contributed by atoms with van der Waals surface area (Å²) >= 11 is 0. The third-order valence-corrected chi connectivity index (χ3v) is 5.29. The van der Waals surface area contributed by atoms with Crippen LogP contribution in [-0.4, -0.2) is 31.3 Å². The van der Waals surface area contributed by atoms with Crippen molar-refractivity contribution in [3.05, 3.63) is 66.6 Å². The summed E-state index contributed by atoms with van der Waals surface area (Å²) in [5.41, 5.74) is 2.19. The second-order valence-electron chi connectivity index (χ2n) is 7.13. The van der Waals surface area contributed by atoms with Crippen LogP contribution < -0.4 is 4.74 Å². The van der Waals surface area contributed by atoms with E-state index in [9.17, 15) is 9.59 Å².